The number of aliphatic hydroxyl groups excluding tert-OH is 1. The molecule has 15 atom stereocenters. The number of amides is 2. The number of fused-ring (bicyclic) bond motifs is 3. The molecule has 0 aromatic rings. The zero-order valence-electron chi connectivity index (χ0n) is 46.6. The van der Waals surface area contributed by atoms with Crippen LogP contribution in [0.2, 0.25) is 0 Å². The zero-order valence-corrected chi connectivity index (χ0v) is 46.6. The number of hydrogen-bond donors (Lipinski definition) is 3. The Morgan fingerprint density at radius 2 is 1.65 bits per heavy atom. The Morgan fingerprint density at radius 1 is 0.907 bits per heavy atom. The molecule has 2 amide bonds. The van der Waals surface area contributed by atoms with E-state index in [1.165, 1.54) is 19.1 Å². The second kappa shape index (κ2) is 31.0. The molecular formula is C59H90N2O14. The van der Waals surface area contributed by atoms with Gasteiger partial charge >= 0.3 is 12.1 Å². The molecule has 2 bridgehead atoms. The number of allylic oxidation sites excluding steroid dienone is 6. The average molecular weight is 1050 g/mol. The van der Waals surface area contributed by atoms with Crippen molar-refractivity contribution < 1.29 is 67.4 Å². The van der Waals surface area contributed by atoms with E-state index >= 15 is 0 Å². The van der Waals surface area contributed by atoms with Gasteiger partial charge in [-0.15, -0.1) is 12.3 Å². The van der Waals surface area contributed by atoms with Gasteiger partial charge in [-0.3, -0.25) is 19.2 Å². The second-order valence-electron chi connectivity index (χ2n) is 21.9. The van der Waals surface area contributed by atoms with E-state index in [-0.39, 0.29) is 67.3 Å². The van der Waals surface area contributed by atoms with Crippen molar-refractivity contribution in [1.82, 2.24) is 10.2 Å². The van der Waals surface area contributed by atoms with E-state index in [1.807, 2.05) is 45.1 Å². The Balaban J connectivity index is 1.69. The molecular weight excluding hydrogens is 961 g/mol. The maximum Gasteiger partial charge on any atom is 0.407 e. The third-order valence-electron chi connectivity index (χ3n) is 16.0. The average Bonchev–Trinajstić information content (AvgIpc) is 3.39. The number of Topliss-reactive ketones (excluding diaryl/α,β-unsaturated/α-hetero) is 3. The van der Waals surface area contributed by atoms with Crippen LogP contribution in [-0.4, -0.2) is 139 Å². The lowest BCUT2D eigenvalue weighted by Gasteiger charge is -2.43. The highest BCUT2D eigenvalue weighted by atomic mass is 16.6. The third kappa shape index (κ3) is 18.3. The van der Waals surface area contributed by atoms with Crippen LogP contribution in [0.25, 0.3) is 0 Å². The van der Waals surface area contributed by atoms with E-state index in [1.54, 1.807) is 47.0 Å². The number of cyclic esters (lactones) is 1. The number of nitrogens with zero attached hydrogens (tertiary/aromatic N) is 1. The molecule has 3 heterocycles. The van der Waals surface area contributed by atoms with Crippen LogP contribution in [0.15, 0.2) is 47.6 Å². The molecule has 16 nitrogen and oxygen atoms in total. The number of carbonyl (C=O) groups excluding carboxylic acids is 6. The number of ketones is 3. The van der Waals surface area contributed by atoms with Crippen LogP contribution < -0.4 is 5.32 Å². The van der Waals surface area contributed by atoms with Gasteiger partial charge in [-0.25, -0.2) is 9.59 Å². The molecule has 420 valence electrons. The minimum Gasteiger partial charge on any atom is -0.460 e. The van der Waals surface area contributed by atoms with Gasteiger partial charge in [0.15, 0.2) is 5.78 Å². The van der Waals surface area contributed by atoms with Crippen LogP contribution in [0, 0.1) is 47.9 Å². The highest BCUT2D eigenvalue weighted by Crippen LogP contribution is 2.38. The van der Waals surface area contributed by atoms with Crippen molar-refractivity contribution in [2.75, 3.05) is 34.5 Å². The summed E-state index contributed by atoms with van der Waals surface area (Å²) in [5.74, 6) is -5.68. The molecule has 1 aliphatic carbocycles. The molecule has 3 fully saturated rings. The van der Waals surface area contributed by atoms with Crippen molar-refractivity contribution in [3.63, 3.8) is 0 Å². The lowest BCUT2D eigenvalue weighted by Crippen LogP contribution is -2.61. The number of nitrogens with one attached hydrogen (secondary N) is 1. The second-order valence-corrected chi connectivity index (χ2v) is 21.9. The lowest BCUT2D eigenvalue weighted by molar-refractivity contribution is -0.264. The smallest absolute Gasteiger partial charge is 0.407 e. The first kappa shape index (κ1) is 63.0. The molecule has 1 unspecified atom stereocenters. The standard InChI is InChI=1S/C59H90N2O14/c1-12-13-14-15-21-30-73-49-28-26-44(34-51(49)70-9)33-40(5)50-36-48(62)39(4)32-42(7)53(64)54(71-10)52(63)41(6)31-37(2)22-17-16-18-23-38(3)46(60-58(68)72-11)35-45-27-25-43(8)59(69,75-45)55(65)56(66)61-29-20-19-24-47(61)57(67)74-50/h1,16-18,22-23,32,37,39-41,43-47,49-51,53-54,64,69H,13-15,19-21,24-31,33-36H2,2-11H3,(H,60,68)/b18-16+,22-17+,38-23+,42-32+/t37-,39-,40-,41-,43-,44+,45+,46?,47+,49-,50+,51-,53-,54+,59-/m1/s1. The number of esters is 1. The molecule has 0 spiro atoms. The van der Waals surface area contributed by atoms with Crippen LogP contribution in [0.1, 0.15) is 151 Å². The van der Waals surface area contributed by atoms with E-state index in [0.29, 0.717) is 57.1 Å². The summed E-state index contributed by atoms with van der Waals surface area (Å²) in [5.41, 5.74) is 1.10. The van der Waals surface area contributed by atoms with Gasteiger partial charge in [0.1, 0.15) is 30.1 Å². The fraction of sp³-hybridized carbons (Fsp3) is 0.729. The molecule has 4 aliphatic rings. The number of methoxy groups -OCH3 is 3. The first-order valence-corrected chi connectivity index (χ1v) is 27.5. The number of carbonyl (C=O) groups is 6. The van der Waals surface area contributed by atoms with E-state index in [4.69, 9.17) is 34.8 Å². The number of alkyl carbamates (subject to hydrolysis) is 1. The Hall–Kier alpha value is -4.50. The van der Waals surface area contributed by atoms with E-state index in [9.17, 15) is 39.0 Å². The number of aliphatic hydroxyl groups is 2. The van der Waals surface area contributed by atoms with Gasteiger partial charge < -0.3 is 48.9 Å². The van der Waals surface area contributed by atoms with Crippen molar-refractivity contribution in [2.45, 2.75) is 206 Å². The van der Waals surface area contributed by atoms with Crippen molar-refractivity contribution in [2.24, 2.45) is 35.5 Å². The molecule has 16 heteroatoms. The van der Waals surface area contributed by atoms with Gasteiger partial charge in [0.2, 0.25) is 5.79 Å². The van der Waals surface area contributed by atoms with E-state index in [2.05, 4.69) is 11.2 Å². The van der Waals surface area contributed by atoms with Crippen molar-refractivity contribution in [3.8, 4) is 12.3 Å². The van der Waals surface area contributed by atoms with Crippen LogP contribution in [0.4, 0.5) is 4.79 Å². The quantitative estimate of drug-likeness (QED) is 0.0554. The first-order chi connectivity index (χ1) is 35.7. The molecule has 3 N–H and O–H groups in total. The predicted molar refractivity (Wildman–Crippen MR) is 285 cm³/mol. The minimum absolute atomic E-state index is 0.0350. The van der Waals surface area contributed by atoms with E-state index < -0.39 is 83.8 Å². The fourth-order valence-electron chi connectivity index (χ4n) is 11.2. The minimum atomic E-state index is -2.53. The maximum atomic E-state index is 14.6. The maximum absolute atomic E-state index is 14.6. The Kier molecular flexibility index (Phi) is 26.1. The summed E-state index contributed by atoms with van der Waals surface area (Å²) in [6, 6.07) is -1.83. The molecule has 0 radical (unpaired) electrons. The highest BCUT2D eigenvalue weighted by Gasteiger charge is 2.53. The number of hydrogen-bond acceptors (Lipinski definition) is 14. The molecule has 1 saturated carbocycles. The number of rotatable bonds is 12. The largest absolute Gasteiger partial charge is 0.460 e. The van der Waals surface area contributed by atoms with Gasteiger partial charge in [0.05, 0.1) is 31.5 Å². The summed E-state index contributed by atoms with van der Waals surface area (Å²) in [6.07, 6.45) is 20.0. The molecule has 2 saturated heterocycles. The van der Waals surface area contributed by atoms with E-state index in [0.717, 1.165) is 44.1 Å². The number of piperidine rings is 1. The number of terminal acetylenes is 1. The van der Waals surface area contributed by atoms with Crippen LogP contribution in [-0.2, 0) is 52.4 Å². The van der Waals surface area contributed by atoms with Crippen molar-refractivity contribution >= 4 is 35.3 Å². The molecule has 4 rings (SSSR count). The molecule has 75 heavy (non-hydrogen) atoms. The monoisotopic (exact) mass is 1050 g/mol. The Labute approximate surface area is 447 Å². The van der Waals surface area contributed by atoms with Crippen LogP contribution in [0.5, 0.6) is 0 Å². The van der Waals surface area contributed by atoms with Gasteiger partial charge in [-0.2, -0.15) is 0 Å². The van der Waals surface area contributed by atoms with Crippen LogP contribution >= 0.6 is 0 Å². The van der Waals surface area contributed by atoms with Gasteiger partial charge in [0.25, 0.3) is 11.7 Å². The first-order valence-electron chi connectivity index (χ1n) is 27.5. The number of unbranched alkanes of at least 4 members (excludes halogenated alkanes) is 3. The number of ether oxygens (including phenoxy) is 6. The normalized spacial score (nSPS) is 36.3. The third-order valence-corrected chi connectivity index (χ3v) is 16.0. The topological polar surface area (TPSA) is 214 Å². The van der Waals surface area contributed by atoms with Crippen molar-refractivity contribution in [3.05, 3.63) is 47.6 Å². The predicted octanol–water partition coefficient (Wildman–Crippen LogP) is 8.11. The van der Waals surface area contributed by atoms with Gasteiger partial charge in [-0.05, 0) is 121 Å². The summed E-state index contributed by atoms with van der Waals surface area (Å²) in [4.78, 5) is 85.3. The SMILES string of the molecule is C#CCCCCCO[C@@H]1CC[C@@H](C[C@@H](C)[C@@H]2CC(=O)[C@H](C)/C=C(\C)[C@@H](O)[C@@H](OC)C(=O)[C@H](C)C[C@H](C)/C=C/C=C/C=C(\C)C(NC(=O)OC)C[C@@H]3CC[C@@H](C)[C@@](O)(O3)C(=O)C(=O)N3CCCC[C@H]3C(=O)O2)C[C@H]1OC. The molecule has 0 aromatic carbocycles. The zero-order chi connectivity index (χ0) is 55.4. The van der Waals surface area contributed by atoms with Gasteiger partial charge in [-0.1, -0.05) is 83.1 Å². The van der Waals surface area contributed by atoms with Crippen LogP contribution in [0.3, 0.4) is 0 Å². The van der Waals surface area contributed by atoms with Crippen molar-refractivity contribution in [1.29, 1.82) is 0 Å². The fourth-order valence-corrected chi connectivity index (χ4v) is 11.2. The summed E-state index contributed by atoms with van der Waals surface area (Å²) in [5, 5.41) is 26.5. The summed E-state index contributed by atoms with van der Waals surface area (Å²) in [7, 11) is 4.30. The lowest BCUT2D eigenvalue weighted by atomic mass is 9.78. The molecule has 3 aliphatic heterocycles. The summed E-state index contributed by atoms with van der Waals surface area (Å²) >= 11 is 0. The summed E-state index contributed by atoms with van der Waals surface area (Å²) in [6.45, 7) is 13.2. The highest BCUT2D eigenvalue weighted by molar-refractivity contribution is 6.39. The summed E-state index contributed by atoms with van der Waals surface area (Å²) < 4.78 is 35.3. The Morgan fingerprint density at radius 3 is 2.35 bits per heavy atom. The molecule has 0 aromatic heterocycles. The van der Waals surface area contributed by atoms with Gasteiger partial charge in [0, 0.05) is 58.0 Å². The Bertz CT molecular complexity index is 2080.